The van der Waals surface area contributed by atoms with Crippen LogP contribution >= 0.6 is 0 Å². The van der Waals surface area contributed by atoms with E-state index in [0.717, 1.165) is 67.5 Å². The molecule has 3 aromatic rings. The third-order valence-corrected chi connectivity index (χ3v) is 7.41. The molecule has 2 N–H and O–H groups in total. The molecule has 2 aliphatic rings. The number of morpholine rings is 1. The first-order valence-electron chi connectivity index (χ1n) is 13.8. The quantitative estimate of drug-likeness (QED) is 0.415. The number of pyridine rings is 1. The number of nitrogens with one attached hydrogen (secondary N) is 2. The third-order valence-electron chi connectivity index (χ3n) is 7.41. The second kappa shape index (κ2) is 12.5. The topological polar surface area (TPSA) is 108 Å². The highest BCUT2D eigenvalue weighted by Crippen LogP contribution is 2.25. The molecule has 0 bridgehead atoms. The first kappa shape index (κ1) is 27.6. The molecule has 0 spiro atoms. The minimum absolute atomic E-state index is 0.0520. The lowest BCUT2D eigenvalue weighted by atomic mass is 10.1. The second-order valence-corrected chi connectivity index (χ2v) is 10.5. The summed E-state index contributed by atoms with van der Waals surface area (Å²) < 4.78 is 7.07. The number of rotatable bonds is 8. The number of carbonyl (C=O) groups excluding carboxylic acids is 1. The van der Waals surface area contributed by atoms with Crippen molar-refractivity contribution in [3.8, 4) is 5.69 Å². The van der Waals surface area contributed by atoms with E-state index >= 15 is 0 Å². The molecule has 1 saturated heterocycles. The van der Waals surface area contributed by atoms with Gasteiger partial charge in [-0.25, -0.2) is 14.8 Å². The van der Waals surface area contributed by atoms with Crippen LogP contribution in [0.2, 0.25) is 0 Å². The van der Waals surface area contributed by atoms with Crippen LogP contribution in [0.5, 0.6) is 0 Å². The summed E-state index contributed by atoms with van der Waals surface area (Å²) in [5, 5.41) is 5.64. The van der Waals surface area contributed by atoms with Gasteiger partial charge in [-0.3, -0.25) is 19.6 Å². The Morgan fingerprint density at radius 3 is 2.77 bits per heavy atom. The number of carbonyl (C=O) groups is 1. The molecule has 0 atom stereocenters. The number of fused-ring (bicyclic) bond motifs is 1. The van der Waals surface area contributed by atoms with Crippen LogP contribution in [0.15, 0.2) is 47.5 Å². The number of benzene rings is 1. The Bertz CT molecular complexity index is 1400. The molecule has 0 radical (unpaired) electrons. The number of hydrogen-bond donors (Lipinski definition) is 2. The van der Waals surface area contributed by atoms with Gasteiger partial charge in [0, 0.05) is 76.9 Å². The largest absolute Gasteiger partial charge is 0.379 e. The third kappa shape index (κ3) is 6.43. The lowest BCUT2D eigenvalue weighted by molar-refractivity contribution is 0.0375. The van der Waals surface area contributed by atoms with Crippen molar-refractivity contribution in [2.75, 3.05) is 75.1 Å². The summed E-state index contributed by atoms with van der Waals surface area (Å²) in [6.45, 7) is 8.09. The summed E-state index contributed by atoms with van der Waals surface area (Å²) in [4.78, 5) is 41.5. The van der Waals surface area contributed by atoms with Gasteiger partial charge >= 0.3 is 6.03 Å². The molecule has 0 saturated carbocycles. The van der Waals surface area contributed by atoms with Gasteiger partial charge in [-0.1, -0.05) is 6.07 Å². The van der Waals surface area contributed by atoms with Crippen molar-refractivity contribution >= 4 is 23.4 Å². The minimum atomic E-state index is -0.307. The van der Waals surface area contributed by atoms with Crippen LogP contribution in [-0.2, 0) is 17.7 Å². The summed E-state index contributed by atoms with van der Waals surface area (Å²) in [7, 11) is 3.97. The van der Waals surface area contributed by atoms with Gasteiger partial charge in [0.05, 0.1) is 24.6 Å². The summed E-state index contributed by atoms with van der Waals surface area (Å²) >= 11 is 0. The highest BCUT2D eigenvalue weighted by Gasteiger charge is 2.23. The maximum absolute atomic E-state index is 13.7. The fourth-order valence-corrected chi connectivity index (χ4v) is 5.17. The first-order chi connectivity index (χ1) is 19.4. The number of aromatic nitrogens is 3. The van der Waals surface area contributed by atoms with Crippen LogP contribution in [0, 0.1) is 6.92 Å². The molecule has 1 fully saturated rings. The highest BCUT2D eigenvalue weighted by molar-refractivity contribution is 5.87. The molecule has 1 aromatic carbocycles. The van der Waals surface area contributed by atoms with Crippen molar-refractivity contribution in [2.45, 2.75) is 26.3 Å². The second-order valence-electron chi connectivity index (χ2n) is 10.5. The molecule has 40 heavy (non-hydrogen) atoms. The van der Waals surface area contributed by atoms with Gasteiger partial charge in [0.1, 0.15) is 5.69 Å². The van der Waals surface area contributed by atoms with Crippen LogP contribution in [0.3, 0.4) is 0 Å². The standard InChI is InChI=1S/C29H38N8O3/c1-21-8-13-37(24-7-4-6-23(18-24)34(2)3)27(38)26(21)36-12-9-25-22(20-36)19-31-28(32-25)33-29(39)30-10-5-11-35-14-16-40-17-15-35/h4,6-8,13,18-19H,5,9-12,14-17,20H2,1-3H3,(H2,30,31,32,33,39). The Labute approximate surface area is 234 Å². The zero-order valence-electron chi connectivity index (χ0n) is 23.5. The average Bonchev–Trinajstić information content (AvgIpc) is 2.96. The van der Waals surface area contributed by atoms with E-state index in [2.05, 4.69) is 30.4 Å². The molecule has 2 aromatic heterocycles. The molecule has 2 amide bonds. The summed E-state index contributed by atoms with van der Waals surface area (Å²) in [5.41, 5.74) is 5.26. The fraction of sp³-hybridized carbons (Fsp3) is 0.448. The highest BCUT2D eigenvalue weighted by atomic mass is 16.5. The number of aryl methyl sites for hydroxylation is 1. The smallest absolute Gasteiger partial charge is 0.321 e. The van der Waals surface area contributed by atoms with Crippen LogP contribution in [0.4, 0.5) is 22.1 Å². The zero-order valence-corrected chi connectivity index (χ0v) is 23.5. The average molecular weight is 547 g/mol. The Morgan fingerprint density at radius 1 is 1.15 bits per heavy atom. The molecule has 212 valence electrons. The van der Waals surface area contributed by atoms with Crippen LogP contribution in [-0.4, -0.2) is 85.5 Å². The molecule has 5 rings (SSSR count). The Hall–Kier alpha value is -3.96. The van der Waals surface area contributed by atoms with E-state index in [4.69, 9.17) is 4.74 Å². The lowest BCUT2D eigenvalue weighted by Gasteiger charge is -2.31. The van der Waals surface area contributed by atoms with E-state index in [0.29, 0.717) is 31.7 Å². The number of hydrogen-bond acceptors (Lipinski definition) is 8. The van der Waals surface area contributed by atoms with E-state index < -0.39 is 0 Å². The number of amides is 2. The molecule has 4 heterocycles. The van der Waals surface area contributed by atoms with Crippen LogP contribution in [0.25, 0.3) is 5.69 Å². The van der Waals surface area contributed by atoms with Crippen molar-refractivity contribution in [1.82, 2.24) is 24.8 Å². The number of urea groups is 1. The van der Waals surface area contributed by atoms with Gasteiger partial charge in [-0.2, -0.15) is 0 Å². The fourth-order valence-electron chi connectivity index (χ4n) is 5.17. The first-order valence-corrected chi connectivity index (χ1v) is 13.8. The van der Waals surface area contributed by atoms with Crippen LogP contribution < -0.4 is 26.0 Å². The normalized spacial score (nSPS) is 15.4. The van der Waals surface area contributed by atoms with Gasteiger partial charge in [0.25, 0.3) is 5.56 Å². The maximum Gasteiger partial charge on any atom is 0.321 e. The van der Waals surface area contributed by atoms with E-state index in [1.807, 2.05) is 62.4 Å². The molecule has 11 nitrogen and oxygen atoms in total. The van der Waals surface area contributed by atoms with E-state index in [1.54, 1.807) is 10.8 Å². The predicted octanol–water partition coefficient (Wildman–Crippen LogP) is 2.41. The van der Waals surface area contributed by atoms with Gasteiger partial charge in [0.2, 0.25) is 5.95 Å². The van der Waals surface area contributed by atoms with Crippen molar-refractivity contribution in [1.29, 1.82) is 0 Å². The van der Waals surface area contributed by atoms with Crippen molar-refractivity contribution in [2.24, 2.45) is 0 Å². The Balaban J connectivity index is 1.22. The molecule has 0 aliphatic carbocycles. The maximum atomic E-state index is 13.7. The monoisotopic (exact) mass is 546 g/mol. The molecule has 11 heteroatoms. The van der Waals surface area contributed by atoms with Crippen molar-refractivity contribution in [3.05, 3.63) is 69.9 Å². The van der Waals surface area contributed by atoms with Crippen molar-refractivity contribution in [3.63, 3.8) is 0 Å². The number of ether oxygens (including phenoxy) is 1. The number of nitrogens with zero attached hydrogens (tertiary/aromatic N) is 6. The number of anilines is 3. The lowest BCUT2D eigenvalue weighted by Crippen LogP contribution is -2.38. The van der Waals surface area contributed by atoms with E-state index in [1.165, 1.54) is 0 Å². The summed E-state index contributed by atoms with van der Waals surface area (Å²) in [5.74, 6) is 0.289. The van der Waals surface area contributed by atoms with Gasteiger partial charge in [0.15, 0.2) is 0 Å². The summed E-state index contributed by atoms with van der Waals surface area (Å²) in [6.07, 6.45) is 5.11. The Morgan fingerprint density at radius 2 is 1.98 bits per heavy atom. The molecule has 2 aliphatic heterocycles. The van der Waals surface area contributed by atoms with E-state index in [-0.39, 0.29) is 17.5 Å². The minimum Gasteiger partial charge on any atom is -0.379 e. The van der Waals surface area contributed by atoms with Gasteiger partial charge < -0.3 is 19.9 Å². The molecular formula is C29H38N8O3. The summed E-state index contributed by atoms with van der Waals surface area (Å²) in [6, 6.07) is 9.61. The van der Waals surface area contributed by atoms with Crippen LogP contribution in [0.1, 0.15) is 23.2 Å². The van der Waals surface area contributed by atoms with E-state index in [9.17, 15) is 9.59 Å². The molecular weight excluding hydrogens is 508 g/mol. The predicted molar refractivity (Wildman–Crippen MR) is 157 cm³/mol. The van der Waals surface area contributed by atoms with Crippen molar-refractivity contribution < 1.29 is 9.53 Å². The van der Waals surface area contributed by atoms with Gasteiger partial charge in [-0.05, 0) is 49.7 Å². The SMILES string of the molecule is Cc1ccn(-c2cccc(N(C)C)c2)c(=O)c1N1CCc2nc(NC(=O)NCCCN3CCOCC3)ncc2C1. The Kier molecular flexibility index (Phi) is 8.61. The molecule has 0 unspecified atom stereocenters. The van der Waals surface area contributed by atoms with Gasteiger partial charge in [-0.15, -0.1) is 0 Å². The zero-order chi connectivity index (χ0) is 28.1.